The molecule has 8 nitrogen and oxygen atoms in total. The van der Waals surface area contributed by atoms with Crippen LogP contribution in [0.25, 0.3) is 10.9 Å². The molecule has 1 aromatic heterocycles. The van der Waals surface area contributed by atoms with Gasteiger partial charge in [-0.3, -0.25) is 0 Å². The molecule has 0 fully saturated rings. The van der Waals surface area contributed by atoms with Crippen molar-refractivity contribution in [2.45, 2.75) is 11.4 Å². The Morgan fingerprint density at radius 3 is 2.38 bits per heavy atom. The Morgan fingerprint density at radius 1 is 0.938 bits per heavy atom. The summed E-state index contributed by atoms with van der Waals surface area (Å²) in [6, 6.07) is 21.7. The predicted octanol–water partition coefficient (Wildman–Crippen LogP) is 3.51. The van der Waals surface area contributed by atoms with Crippen molar-refractivity contribution in [2.75, 3.05) is 10.6 Å². The summed E-state index contributed by atoms with van der Waals surface area (Å²) in [5, 5.41) is 16.0. The molecule has 0 saturated heterocycles. The molecule has 4 rings (SSSR count). The summed E-state index contributed by atoms with van der Waals surface area (Å²) >= 11 is 5.41. The normalized spacial score (nSPS) is 11.2. The van der Waals surface area contributed by atoms with E-state index in [1.54, 1.807) is 12.1 Å². The number of nitrogens with one attached hydrogen (secondary N) is 3. The molecule has 0 saturated carbocycles. The number of benzene rings is 3. The first kappa shape index (κ1) is 21.6. The molecule has 4 aromatic rings. The molecule has 1 heterocycles. The summed E-state index contributed by atoms with van der Waals surface area (Å²) in [4.78, 5) is 8.67. The Bertz CT molecular complexity index is 1360. The van der Waals surface area contributed by atoms with Crippen molar-refractivity contribution in [1.29, 1.82) is 0 Å². The maximum absolute atomic E-state index is 11.4. The number of nitrogens with zero attached hydrogens (tertiary/aromatic N) is 2. The van der Waals surface area contributed by atoms with Crippen molar-refractivity contribution in [3.8, 4) is 0 Å². The number of hydrogen-bond donors (Lipinski definition) is 4. The van der Waals surface area contributed by atoms with Crippen molar-refractivity contribution in [1.82, 2.24) is 15.3 Å². The fourth-order valence-corrected chi connectivity index (χ4v) is 3.76. The van der Waals surface area contributed by atoms with Crippen LogP contribution in [-0.4, -0.2) is 23.5 Å². The van der Waals surface area contributed by atoms with E-state index in [-0.39, 0.29) is 4.90 Å². The zero-order valence-corrected chi connectivity index (χ0v) is 18.5. The fourth-order valence-electron chi connectivity index (χ4n) is 3.05. The molecule has 32 heavy (non-hydrogen) atoms. The van der Waals surface area contributed by atoms with E-state index in [0.717, 1.165) is 22.2 Å². The molecule has 0 radical (unpaired) electrons. The van der Waals surface area contributed by atoms with Gasteiger partial charge in [0.25, 0.3) is 0 Å². The maximum Gasteiger partial charge on any atom is 0.238 e. The highest BCUT2D eigenvalue weighted by Crippen LogP contribution is 2.26. The second-order valence-corrected chi connectivity index (χ2v) is 8.91. The van der Waals surface area contributed by atoms with E-state index in [1.807, 2.05) is 48.5 Å². The summed E-state index contributed by atoms with van der Waals surface area (Å²) in [6.45, 7) is 0.616. The van der Waals surface area contributed by atoms with Gasteiger partial charge in [-0.25, -0.2) is 23.5 Å². The number of rotatable bonds is 6. The second kappa shape index (κ2) is 9.27. The molecule has 0 amide bonds. The molecule has 162 valence electrons. The number of fused-ring (bicyclic) bond motifs is 1. The molecule has 0 unspecified atom stereocenters. The average molecular weight is 465 g/mol. The topological polar surface area (TPSA) is 122 Å². The van der Waals surface area contributed by atoms with E-state index in [2.05, 4.69) is 25.9 Å². The number of aromatic nitrogens is 2. The molecule has 10 heteroatoms. The number of hydrogen-bond acceptors (Lipinski definition) is 6. The number of anilines is 3. The van der Waals surface area contributed by atoms with Gasteiger partial charge in [-0.2, -0.15) is 0 Å². The fraction of sp³-hybridized carbons (Fsp3) is 0.0455. The van der Waals surface area contributed by atoms with E-state index < -0.39 is 10.0 Å². The van der Waals surface area contributed by atoms with Crippen LogP contribution in [0.1, 0.15) is 5.56 Å². The molecule has 0 aliphatic rings. The van der Waals surface area contributed by atoms with Gasteiger partial charge in [0.05, 0.1) is 10.4 Å². The minimum Gasteiger partial charge on any atom is -0.358 e. The highest BCUT2D eigenvalue weighted by molar-refractivity contribution is 7.89. The Kier molecular flexibility index (Phi) is 6.26. The molecule has 0 atom stereocenters. The Labute approximate surface area is 191 Å². The first-order valence-corrected chi connectivity index (χ1v) is 11.6. The molecule has 0 aliphatic carbocycles. The standard InChI is InChI=1S/C22H20N6O2S2/c23-32(29,30)18-9-6-16(7-10-18)27-21-19-12-17(8-11-20(19)25-14-26-21)28-22(31)24-13-15-4-2-1-3-5-15/h1-12,14H,13H2,(H2,23,29,30)(H2,24,28,31)(H,25,26,27). The lowest BCUT2D eigenvalue weighted by Crippen LogP contribution is -2.27. The Balaban J connectivity index is 1.51. The first-order valence-electron chi connectivity index (χ1n) is 9.62. The van der Waals surface area contributed by atoms with E-state index in [0.29, 0.717) is 23.2 Å². The zero-order chi connectivity index (χ0) is 22.6. The van der Waals surface area contributed by atoms with Gasteiger partial charge in [-0.05, 0) is 60.2 Å². The minimum absolute atomic E-state index is 0.0404. The van der Waals surface area contributed by atoms with Gasteiger partial charge in [-0.1, -0.05) is 30.3 Å². The quantitative estimate of drug-likeness (QED) is 0.320. The molecular formula is C22H20N6O2S2. The van der Waals surface area contributed by atoms with Crippen LogP contribution in [0, 0.1) is 0 Å². The second-order valence-electron chi connectivity index (χ2n) is 6.94. The third-order valence-electron chi connectivity index (χ3n) is 4.63. The van der Waals surface area contributed by atoms with Crippen LogP contribution in [0.5, 0.6) is 0 Å². The van der Waals surface area contributed by atoms with Gasteiger partial charge >= 0.3 is 0 Å². The Hall–Kier alpha value is -3.60. The van der Waals surface area contributed by atoms with Crippen molar-refractivity contribution < 1.29 is 8.42 Å². The smallest absolute Gasteiger partial charge is 0.238 e. The number of thiocarbonyl (C=S) groups is 1. The van der Waals surface area contributed by atoms with E-state index in [4.69, 9.17) is 17.4 Å². The molecule has 5 N–H and O–H groups in total. The lowest BCUT2D eigenvalue weighted by Gasteiger charge is -2.13. The van der Waals surface area contributed by atoms with Crippen molar-refractivity contribution >= 4 is 55.4 Å². The number of primary sulfonamides is 1. The van der Waals surface area contributed by atoms with Crippen molar-refractivity contribution in [2.24, 2.45) is 5.14 Å². The van der Waals surface area contributed by atoms with Crippen molar-refractivity contribution in [3.05, 3.63) is 84.7 Å². The SMILES string of the molecule is NS(=O)(=O)c1ccc(Nc2ncnc3ccc(NC(=S)NCc4ccccc4)cc23)cc1. The monoisotopic (exact) mass is 464 g/mol. The molecular weight excluding hydrogens is 444 g/mol. The largest absolute Gasteiger partial charge is 0.358 e. The van der Waals surface area contributed by atoms with Crippen LogP contribution in [0.3, 0.4) is 0 Å². The summed E-state index contributed by atoms with van der Waals surface area (Å²) < 4.78 is 22.9. The van der Waals surface area contributed by atoms with Gasteiger partial charge in [0.1, 0.15) is 12.1 Å². The lowest BCUT2D eigenvalue weighted by molar-refractivity contribution is 0.598. The molecule has 3 aromatic carbocycles. The van der Waals surface area contributed by atoms with Crippen LogP contribution < -0.4 is 21.1 Å². The van der Waals surface area contributed by atoms with Gasteiger partial charge in [-0.15, -0.1) is 0 Å². The first-order chi connectivity index (χ1) is 15.4. The summed E-state index contributed by atoms with van der Waals surface area (Å²) in [5.41, 5.74) is 3.32. The van der Waals surface area contributed by atoms with Gasteiger partial charge in [0, 0.05) is 23.3 Å². The van der Waals surface area contributed by atoms with E-state index >= 15 is 0 Å². The van der Waals surface area contributed by atoms with E-state index in [9.17, 15) is 8.42 Å². The van der Waals surface area contributed by atoms with Crippen LogP contribution in [0.4, 0.5) is 17.2 Å². The van der Waals surface area contributed by atoms with Gasteiger partial charge in [0.15, 0.2) is 5.11 Å². The predicted molar refractivity (Wildman–Crippen MR) is 130 cm³/mol. The summed E-state index contributed by atoms with van der Waals surface area (Å²) in [5.74, 6) is 0.574. The van der Waals surface area contributed by atoms with Crippen LogP contribution in [0.2, 0.25) is 0 Å². The molecule has 0 spiro atoms. The highest BCUT2D eigenvalue weighted by atomic mass is 32.2. The van der Waals surface area contributed by atoms with Crippen LogP contribution in [0.15, 0.2) is 84.0 Å². The summed E-state index contributed by atoms with van der Waals surface area (Å²) in [6.07, 6.45) is 1.46. The lowest BCUT2D eigenvalue weighted by atomic mass is 10.2. The maximum atomic E-state index is 11.4. The average Bonchev–Trinajstić information content (AvgIpc) is 2.79. The Morgan fingerprint density at radius 2 is 1.66 bits per heavy atom. The molecule has 0 bridgehead atoms. The number of nitrogens with two attached hydrogens (primary N) is 1. The van der Waals surface area contributed by atoms with Crippen molar-refractivity contribution in [3.63, 3.8) is 0 Å². The molecule has 0 aliphatic heterocycles. The minimum atomic E-state index is -3.75. The third-order valence-corrected chi connectivity index (χ3v) is 5.81. The van der Waals surface area contributed by atoms with Gasteiger partial charge < -0.3 is 16.0 Å². The van der Waals surface area contributed by atoms with Crippen LogP contribution in [-0.2, 0) is 16.6 Å². The zero-order valence-electron chi connectivity index (χ0n) is 16.8. The third kappa shape index (κ3) is 5.35. The van der Waals surface area contributed by atoms with E-state index in [1.165, 1.54) is 18.5 Å². The summed E-state index contributed by atoms with van der Waals surface area (Å²) in [7, 11) is -3.75. The van der Waals surface area contributed by atoms with Gasteiger partial charge in [0.2, 0.25) is 10.0 Å². The highest BCUT2D eigenvalue weighted by Gasteiger charge is 2.09. The number of sulfonamides is 1. The van der Waals surface area contributed by atoms with Crippen LogP contribution >= 0.6 is 12.2 Å².